The van der Waals surface area contributed by atoms with Gasteiger partial charge in [-0.05, 0) is 82.6 Å². The highest BCUT2D eigenvalue weighted by Gasteiger charge is 2.33. The van der Waals surface area contributed by atoms with Crippen molar-refractivity contribution in [2.45, 2.75) is 57.6 Å². The number of carbonyl (C=O) groups excluding carboxylic acids is 2. The lowest BCUT2D eigenvalue weighted by molar-refractivity contribution is -0.140. The average molecular weight is 625 g/mol. The standard InChI is InChI=1S/C29H32Cl3N3O4S/c1-19-6-12-26(13-7-19)40(38,39)35(25-15-23(31)14-24(32)16-25)18-27(36)34(17-21-8-10-22(30)11-9-21)20(2)28(37)33-29(3,4)5/h6-16,20H,17-18H2,1-5H3,(H,33,37)/t20-/m0/s1. The van der Waals surface area contributed by atoms with Crippen molar-refractivity contribution in [1.82, 2.24) is 10.2 Å². The normalized spacial score (nSPS) is 12.5. The van der Waals surface area contributed by atoms with E-state index in [4.69, 9.17) is 34.8 Å². The van der Waals surface area contributed by atoms with Gasteiger partial charge >= 0.3 is 0 Å². The van der Waals surface area contributed by atoms with E-state index in [-0.39, 0.29) is 33.1 Å². The highest BCUT2D eigenvalue weighted by atomic mass is 35.5. The summed E-state index contributed by atoms with van der Waals surface area (Å²) in [5.41, 5.74) is 1.16. The molecule has 3 rings (SSSR count). The molecule has 0 aromatic heterocycles. The van der Waals surface area contributed by atoms with Crippen molar-refractivity contribution in [3.63, 3.8) is 0 Å². The van der Waals surface area contributed by atoms with Crippen LogP contribution in [0.4, 0.5) is 5.69 Å². The second-order valence-electron chi connectivity index (χ2n) is 10.5. The average Bonchev–Trinajstić information content (AvgIpc) is 2.85. The van der Waals surface area contributed by atoms with Crippen molar-refractivity contribution < 1.29 is 18.0 Å². The number of hydrogen-bond donors (Lipinski definition) is 1. The molecule has 3 aromatic carbocycles. The first kappa shape index (κ1) is 31.7. The first-order valence-corrected chi connectivity index (χ1v) is 15.1. The SMILES string of the molecule is Cc1ccc(S(=O)(=O)N(CC(=O)N(Cc2ccc(Cl)cc2)[C@@H](C)C(=O)NC(C)(C)C)c2cc(Cl)cc(Cl)c2)cc1. The molecule has 0 aliphatic carbocycles. The molecule has 0 saturated carbocycles. The van der Waals surface area contributed by atoms with Crippen LogP contribution >= 0.6 is 34.8 Å². The van der Waals surface area contributed by atoms with Crippen LogP contribution in [0.2, 0.25) is 15.1 Å². The number of rotatable bonds is 9. The summed E-state index contributed by atoms with van der Waals surface area (Å²) in [7, 11) is -4.24. The van der Waals surface area contributed by atoms with Crippen molar-refractivity contribution in [2.75, 3.05) is 10.8 Å². The van der Waals surface area contributed by atoms with Crippen LogP contribution in [-0.4, -0.2) is 43.3 Å². The summed E-state index contributed by atoms with van der Waals surface area (Å²) >= 11 is 18.5. The molecule has 0 bridgehead atoms. The van der Waals surface area contributed by atoms with E-state index < -0.39 is 34.1 Å². The monoisotopic (exact) mass is 623 g/mol. The minimum Gasteiger partial charge on any atom is -0.350 e. The van der Waals surface area contributed by atoms with Gasteiger partial charge < -0.3 is 10.2 Å². The summed E-state index contributed by atoms with van der Waals surface area (Å²) in [6, 6.07) is 16.5. The Morgan fingerprint density at radius 3 is 1.95 bits per heavy atom. The summed E-state index contributed by atoms with van der Waals surface area (Å²) in [4.78, 5) is 28.4. The van der Waals surface area contributed by atoms with E-state index >= 15 is 0 Å². The molecule has 2 amide bonds. The van der Waals surface area contributed by atoms with Crippen LogP contribution < -0.4 is 9.62 Å². The van der Waals surface area contributed by atoms with Crippen molar-refractivity contribution in [3.8, 4) is 0 Å². The molecule has 0 spiro atoms. The van der Waals surface area contributed by atoms with Gasteiger partial charge in [0.15, 0.2) is 0 Å². The van der Waals surface area contributed by atoms with Crippen molar-refractivity contribution in [2.24, 2.45) is 0 Å². The van der Waals surface area contributed by atoms with Gasteiger partial charge in [-0.1, -0.05) is 64.6 Å². The predicted molar refractivity (Wildman–Crippen MR) is 162 cm³/mol. The lowest BCUT2D eigenvalue weighted by atomic mass is 10.1. The zero-order valence-corrected chi connectivity index (χ0v) is 26.0. The number of aryl methyl sites for hydroxylation is 1. The molecule has 1 N–H and O–H groups in total. The van der Waals surface area contributed by atoms with Gasteiger partial charge in [0, 0.05) is 27.2 Å². The van der Waals surface area contributed by atoms with Crippen LogP contribution in [-0.2, 0) is 26.2 Å². The van der Waals surface area contributed by atoms with E-state index in [9.17, 15) is 18.0 Å². The second kappa shape index (κ2) is 12.8. The van der Waals surface area contributed by atoms with Crippen LogP contribution in [0.25, 0.3) is 0 Å². The van der Waals surface area contributed by atoms with Crippen LogP contribution in [0.3, 0.4) is 0 Å². The van der Waals surface area contributed by atoms with Gasteiger partial charge in [-0.15, -0.1) is 0 Å². The Labute approximate surface area is 251 Å². The highest BCUT2D eigenvalue weighted by molar-refractivity contribution is 7.92. The van der Waals surface area contributed by atoms with E-state index in [1.165, 1.54) is 35.2 Å². The Bertz CT molecular complexity index is 1450. The van der Waals surface area contributed by atoms with Gasteiger partial charge in [-0.2, -0.15) is 0 Å². The molecular formula is C29H32Cl3N3O4S. The van der Waals surface area contributed by atoms with Gasteiger partial charge in [0.2, 0.25) is 11.8 Å². The van der Waals surface area contributed by atoms with Gasteiger partial charge in [0.1, 0.15) is 12.6 Å². The fraction of sp³-hybridized carbons (Fsp3) is 0.310. The summed E-state index contributed by atoms with van der Waals surface area (Å²) in [6.45, 7) is 8.39. The predicted octanol–water partition coefficient (Wildman–Crippen LogP) is 6.48. The number of sulfonamides is 1. The first-order valence-electron chi connectivity index (χ1n) is 12.5. The minimum absolute atomic E-state index is 0.00947. The summed E-state index contributed by atoms with van der Waals surface area (Å²) < 4.78 is 28.7. The van der Waals surface area contributed by atoms with E-state index in [1.807, 2.05) is 27.7 Å². The smallest absolute Gasteiger partial charge is 0.264 e. The van der Waals surface area contributed by atoms with Gasteiger partial charge in [-0.25, -0.2) is 8.42 Å². The maximum absolute atomic E-state index is 14.0. The van der Waals surface area contributed by atoms with Gasteiger partial charge in [0.05, 0.1) is 10.6 Å². The number of carbonyl (C=O) groups is 2. The lowest BCUT2D eigenvalue weighted by Gasteiger charge is -2.33. The number of amides is 2. The van der Waals surface area contributed by atoms with Crippen LogP contribution in [0.15, 0.2) is 71.6 Å². The molecule has 11 heteroatoms. The number of nitrogens with zero attached hydrogens (tertiary/aromatic N) is 2. The molecule has 0 saturated heterocycles. The minimum atomic E-state index is -4.24. The summed E-state index contributed by atoms with van der Waals surface area (Å²) in [6.07, 6.45) is 0. The molecule has 3 aromatic rings. The van der Waals surface area contributed by atoms with Crippen LogP contribution in [0, 0.1) is 6.92 Å². The molecule has 0 unspecified atom stereocenters. The molecule has 40 heavy (non-hydrogen) atoms. The van der Waals surface area contributed by atoms with E-state index in [0.717, 1.165) is 9.87 Å². The Kier molecular flexibility index (Phi) is 10.2. The van der Waals surface area contributed by atoms with Gasteiger partial charge in [0.25, 0.3) is 10.0 Å². The van der Waals surface area contributed by atoms with Crippen LogP contribution in [0.1, 0.15) is 38.8 Å². The Balaban J connectivity index is 2.07. The highest BCUT2D eigenvalue weighted by Crippen LogP contribution is 2.30. The number of benzene rings is 3. The largest absolute Gasteiger partial charge is 0.350 e. The molecule has 0 aliphatic heterocycles. The van der Waals surface area contributed by atoms with Crippen molar-refractivity contribution in [1.29, 1.82) is 0 Å². The third-order valence-corrected chi connectivity index (χ3v) is 8.43. The number of nitrogens with one attached hydrogen (secondary N) is 1. The zero-order chi connectivity index (χ0) is 29.8. The van der Waals surface area contributed by atoms with Crippen LogP contribution in [0.5, 0.6) is 0 Å². The number of hydrogen-bond acceptors (Lipinski definition) is 4. The molecule has 1 atom stereocenters. The summed E-state index contributed by atoms with van der Waals surface area (Å²) in [5, 5.41) is 3.82. The zero-order valence-electron chi connectivity index (χ0n) is 22.9. The molecule has 7 nitrogen and oxygen atoms in total. The van der Waals surface area contributed by atoms with E-state index in [2.05, 4.69) is 5.32 Å². The van der Waals surface area contributed by atoms with Crippen molar-refractivity contribution in [3.05, 3.63) is 92.9 Å². The molecule has 0 aliphatic rings. The van der Waals surface area contributed by atoms with Gasteiger partial charge in [-0.3, -0.25) is 13.9 Å². The lowest BCUT2D eigenvalue weighted by Crippen LogP contribution is -2.54. The summed E-state index contributed by atoms with van der Waals surface area (Å²) in [5.74, 6) is -0.980. The number of halogens is 3. The number of anilines is 1. The van der Waals surface area contributed by atoms with E-state index in [0.29, 0.717) is 10.6 Å². The fourth-order valence-electron chi connectivity index (χ4n) is 3.89. The van der Waals surface area contributed by atoms with E-state index in [1.54, 1.807) is 43.3 Å². The fourth-order valence-corrected chi connectivity index (χ4v) is 5.93. The van der Waals surface area contributed by atoms with Crippen molar-refractivity contribution >= 4 is 62.3 Å². The molecule has 0 heterocycles. The Hall–Kier alpha value is -2.78. The third kappa shape index (κ3) is 8.36. The third-order valence-electron chi connectivity index (χ3n) is 5.95. The quantitative estimate of drug-likeness (QED) is 0.295. The Morgan fingerprint density at radius 1 is 0.875 bits per heavy atom. The topological polar surface area (TPSA) is 86.8 Å². The molecule has 214 valence electrons. The maximum Gasteiger partial charge on any atom is 0.264 e. The Morgan fingerprint density at radius 2 is 1.43 bits per heavy atom. The maximum atomic E-state index is 14.0. The molecule has 0 radical (unpaired) electrons. The second-order valence-corrected chi connectivity index (χ2v) is 13.7. The molecular weight excluding hydrogens is 593 g/mol. The first-order chi connectivity index (χ1) is 18.6. The molecule has 0 fully saturated rings.